The van der Waals surface area contributed by atoms with Gasteiger partial charge in [0, 0.05) is 47.9 Å². The van der Waals surface area contributed by atoms with Crippen molar-refractivity contribution in [2.45, 2.75) is 101 Å². The maximum atomic E-state index is 14.6. The average molecular weight is 1010 g/mol. The molecule has 0 aliphatic heterocycles. The van der Waals surface area contributed by atoms with Gasteiger partial charge < -0.3 is 63.9 Å². The van der Waals surface area contributed by atoms with E-state index in [0.29, 0.717) is 16.7 Å². The summed E-state index contributed by atoms with van der Waals surface area (Å²) in [6.45, 7) is 4.76. The number of H-pyrrole nitrogens is 1. The van der Waals surface area contributed by atoms with Gasteiger partial charge in [-0.1, -0.05) is 74.5 Å². The number of para-hydroxylation sites is 1. The molecule has 0 aliphatic rings. The summed E-state index contributed by atoms with van der Waals surface area (Å²) < 4.78 is 0. The fraction of sp³-hybridized carbons (Fsp3) is 0.417. The number of aliphatic carboxylic acids is 1. The Morgan fingerprint density at radius 3 is 1.53 bits per heavy atom. The number of benzene rings is 3. The molecular formula is C48H64N10O10S2. The smallest absolute Gasteiger partial charge is 0.326 e. The quantitative estimate of drug-likeness (QED) is 0.0351. The number of phenols is 1. The van der Waals surface area contributed by atoms with Crippen LogP contribution >= 0.6 is 25.3 Å². The van der Waals surface area contributed by atoms with Crippen molar-refractivity contribution in [3.8, 4) is 5.75 Å². The molecule has 0 spiro atoms. The first-order valence-electron chi connectivity index (χ1n) is 22.7. The number of thiol groups is 2. The molecule has 378 valence electrons. The predicted molar refractivity (Wildman–Crippen MR) is 270 cm³/mol. The predicted octanol–water partition coefficient (Wildman–Crippen LogP) is -0.0187. The summed E-state index contributed by atoms with van der Waals surface area (Å²) in [6, 6.07) is 11.8. The van der Waals surface area contributed by atoms with Crippen molar-refractivity contribution < 1.29 is 48.6 Å². The van der Waals surface area contributed by atoms with Crippen LogP contribution in [0.15, 0.2) is 85.1 Å². The van der Waals surface area contributed by atoms with E-state index in [-0.39, 0.29) is 55.9 Å². The number of hydrogen-bond donors (Lipinski definition) is 14. The van der Waals surface area contributed by atoms with Crippen LogP contribution in [0.5, 0.6) is 5.75 Å². The summed E-state index contributed by atoms with van der Waals surface area (Å²) in [4.78, 5) is 112. The van der Waals surface area contributed by atoms with E-state index in [1.165, 1.54) is 31.2 Å². The molecule has 1 heterocycles. The Hall–Kier alpha value is -6.62. The van der Waals surface area contributed by atoms with Crippen molar-refractivity contribution in [3.63, 3.8) is 0 Å². The first-order valence-corrected chi connectivity index (χ1v) is 24.0. The fourth-order valence-electron chi connectivity index (χ4n) is 7.28. The van der Waals surface area contributed by atoms with Gasteiger partial charge in [-0.25, -0.2) is 4.79 Å². The van der Waals surface area contributed by atoms with E-state index in [1.54, 1.807) is 50.4 Å². The summed E-state index contributed by atoms with van der Waals surface area (Å²) in [5.41, 5.74) is 14.1. The minimum absolute atomic E-state index is 0.0201. The molecule has 0 fully saturated rings. The zero-order valence-electron chi connectivity index (χ0n) is 39.1. The number of hydrogen-bond acceptors (Lipinski definition) is 13. The van der Waals surface area contributed by atoms with E-state index in [0.717, 1.165) is 10.9 Å². The molecule has 1 aromatic heterocycles. The Kier molecular flexibility index (Phi) is 22.0. The van der Waals surface area contributed by atoms with Crippen LogP contribution in [-0.4, -0.2) is 129 Å². The number of phenolic OH excluding ortho intramolecular Hbond substituents is 1. The highest BCUT2D eigenvalue weighted by Gasteiger charge is 2.35. The molecule has 4 aromatic rings. The van der Waals surface area contributed by atoms with Gasteiger partial charge in [-0.15, -0.1) is 0 Å². The first-order chi connectivity index (χ1) is 33.3. The van der Waals surface area contributed by atoms with Gasteiger partial charge in [0.15, 0.2) is 0 Å². The summed E-state index contributed by atoms with van der Waals surface area (Å²) >= 11 is 8.45. The van der Waals surface area contributed by atoms with Crippen molar-refractivity contribution in [3.05, 3.63) is 102 Å². The summed E-state index contributed by atoms with van der Waals surface area (Å²) in [6.07, 6.45) is 1.62. The lowest BCUT2D eigenvalue weighted by atomic mass is 10.0. The zero-order valence-corrected chi connectivity index (χ0v) is 40.9. The molecule has 8 unspecified atom stereocenters. The van der Waals surface area contributed by atoms with E-state index in [1.807, 2.05) is 24.3 Å². The molecule has 0 aliphatic carbocycles. The van der Waals surface area contributed by atoms with E-state index >= 15 is 0 Å². The Bertz CT molecular complexity index is 2420. The zero-order chi connectivity index (χ0) is 51.5. The highest BCUT2D eigenvalue weighted by Crippen LogP contribution is 2.20. The molecule has 7 amide bonds. The highest BCUT2D eigenvalue weighted by atomic mass is 32.1. The van der Waals surface area contributed by atoms with Gasteiger partial charge in [0.05, 0.1) is 6.04 Å². The minimum Gasteiger partial charge on any atom is -0.508 e. The topological polar surface area (TPSA) is 329 Å². The number of fused-ring (bicyclic) bond motifs is 1. The number of aromatic nitrogens is 1. The average Bonchev–Trinajstić information content (AvgIpc) is 3.74. The second-order valence-electron chi connectivity index (χ2n) is 17.1. The van der Waals surface area contributed by atoms with Crippen LogP contribution in [0.2, 0.25) is 0 Å². The van der Waals surface area contributed by atoms with E-state index in [9.17, 15) is 48.6 Å². The summed E-state index contributed by atoms with van der Waals surface area (Å²) in [5, 5.41) is 38.8. The third kappa shape index (κ3) is 16.8. The lowest BCUT2D eigenvalue weighted by Crippen LogP contribution is -2.61. The number of aromatic hydroxyl groups is 1. The largest absolute Gasteiger partial charge is 0.508 e. The summed E-state index contributed by atoms with van der Waals surface area (Å²) in [5.74, 6) is -7.61. The van der Waals surface area contributed by atoms with Crippen molar-refractivity contribution >= 4 is 83.5 Å². The van der Waals surface area contributed by atoms with Crippen LogP contribution in [0, 0.1) is 5.92 Å². The highest BCUT2D eigenvalue weighted by molar-refractivity contribution is 7.80. The number of carboxylic acid groups (broad SMARTS) is 1. The van der Waals surface area contributed by atoms with E-state index in [2.05, 4.69) is 67.5 Å². The molecule has 22 heteroatoms. The minimum atomic E-state index is -1.40. The van der Waals surface area contributed by atoms with Gasteiger partial charge in [-0.3, -0.25) is 33.6 Å². The molecule has 4 rings (SSSR count). The molecule has 14 N–H and O–H groups in total. The number of nitrogens with two attached hydrogens (primary N) is 2. The lowest BCUT2D eigenvalue weighted by molar-refractivity contribution is -0.143. The molecule has 0 bridgehead atoms. The maximum absolute atomic E-state index is 14.6. The van der Waals surface area contributed by atoms with Crippen LogP contribution in [0.4, 0.5) is 0 Å². The monoisotopic (exact) mass is 1000 g/mol. The van der Waals surface area contributed by atoms with Crippen LogP contribution in [-0.2, 0) is 57.6 Å². The molecule has 8 atom stereocenters. The Balaban J connectivity index is 1.67. The number of carbonyl (C=O) groups is 8. The third-order valence-corrected chi connectivity index (χ3v) is 12.0. The third-order valence-electron chi connectivity index (χ3n) is 11.3. The number of rotatable bonds is 27. The van der Waals surface area contributed by atoms with E-state index in [4.69, 9.17) is 11.5 Å². The van der Waals surface area contributed by atoms with Gasteiger partial charge in [-0.2, -0.15) is 25.3 Å². The molecule has 70 heavy (non-hydrogen) atoms. The standard InChI is InChI=1S/C48H64N10O10S2/c1-26(2)40(48(67)68)58-47(66)39(25-70)57-44(63)36(21-29-15-17-31(59)18-16-29)53-42(61)34(14-9-19-49)52-45(64)37(22-30-23-51-33-13-8-7-12-32(30)33)55-43(62)35(20-28-10-5-4-6-11-28)54-46(65)38(24-69)56-41(60)27(3)50/h4-8,10-13,15-18,23,26-27,34-40,51,59,69-70H,9,14,19-22,24-25,49-50H2,1-3H3,(H,52,64)(H,53,61)(H,54,65)(H,55,62)(H,56,60)(H,57,63)(H,58,66)(H,67,68). The van der Waals surface area contributed by atoms with Crippen LogP contribution in [0.25, 0.3) is 10.9 Å². The molecule has 0 saturated carbocycles. The van der Waals surface area contributed by atoms with Gasteiger partial charge in [0.1, 0.15) is 48.0 Å². The Morgan fingerprint density at radius 2 is 1.01 bits per heavy atom. The van der Waals surface area contributed by atoms with Gasteiger partial charge in [0.2, 0.25) is 41.4 Å². The van der Waals surface area contributed by atoms with Crippen LogP contribution < -0.4 is 48.7 Å². The van der Waals surface area contributed by atoms with Crippen molar-refractivity contribution in [2.24, 2.45) is 17.4 Å². The number of amides is 7. The number of nitrogens with one attached hydrogen (secondary N) is 8. The molecule has 0 saturated heterocycles. The van der Waals surface area contributed by atoms with Gasteiger partial charge in [-0.05, 0) is 67.1 Å². The first kappa shape index (κ1) is 56.0. The van der Waals surface area contributed by atoms with Crippen LogP contribution in [0.3, 0.4) is 0 Å². The summed E-state index contributed by atoms with van der Waals surface area (Å²) in [7, 11) is 0. The SMILES string of the molecule is CC(N)C(=O)NC(CS)C(=O)NC(Cc1ccccc1)C(=O)NC(Cc1c[nH]c2ccccc12)C(=O)NC(CCCN)C(=O)NC(Cc1ccc(O)cc1)C(=O)NC(CS)C(=O)NC(C(=O)O)C(C)C. The molecule has 20 nitrogen and oxygen atoms in total. The molecule has 0 radical (unpaired) electrons. The lowest BCUT2D eigenvalue weighted by Gasteiger charge is -2.28. The van der Waals surface area contributed by atoms with Crippen molar-refractivity contribution in [1.29, 1.82) is 0 Å². The maximum Gasteiger partial charge on any atom is 0.326 e. The normalized spacial score (nSPS) is 14.6. The second-order valence-corrected chi connectivity index (χ2v) is 17.9. The number of carbonyl (C=O) groups excluding carboxylic acids is 7. The van der Waals surface area contributed by atoms with Crippen molar-refractivity contribution in [1.82, 2.24) is 42.2 Å². The van der Waals surface area contributed by atoms with Crippen LogP contribution in [0.1, 0.15) is 50.3 Å². The number of carboxylic acids is 1. The van der Waals surface area contributed by atoms with Gasteiger partial charge >= 0.3 is 5.97 Å². The van der Waals surface area contributed by atoms with Gasteiger partial charge in [0.25, 0.3) is 0 Å². The second kappa shape index (κ2) is 27.5. The van der Waals surface area contributed by atoms with E-state index < -0.39 is 102 Å². The van der Waals surface area contributed by atoms with Crippen molar-refractivity contribution in [2.75, 3.05) is 18.1 Å². The number of aromatic amines is 1. The Labute approximate surface area is 416 Å². The fourth-order valence-corrected chi connectivity index (χ4v) is 7.79. The Morgan fingerprint density at radius 1 is 0.571 bits per heavy atom. The molecule has 3 aromatic carbocycles. The molecular weight excluding hydrogens is 941 g/mol.